The van der Waals surface area contributed by atoms with E-state index in [-0.39, 0.29) is 28.9 Å². The molecule has 21 heavy (non-hydrogen) atoms. The molecule has 2 aromatic heterocycles. The summed E-state index contributed by atoms with van der Waals surface area (Å²) in [5, 5.41) is 22.9. The standard InChI is InChI=1S/C13H10N4O4/c1-7-14-15-10(21-7)6-17-12(18)9-5-3-2-4-8(9)11(16-17)13(19)20/h2-5H,6H2,1H3,(H,19,20)/p-1. The number of aromatic carboxylic acids is 1. The van der Waals surface area contributed by atoms with Crippen LogP contribution in [0, 0.1) is 6.92 Å². The number of rotatable bonds is 3. The second-order valence-corrected chi connectivity index (χ2v) is 4.36. The maximum Gasteiger partial charge on any atom is 0.275 e. The molecule has 0 aliphatic heterocycles. The topological polar surface area (TPSA) is 114 Å². The SMILES string of the molecule is Cc1nnc(Cn2nc(C(=O)[O-])c3ccccc3c2=O)o1. The lowest BCUT2D eigenvalue weighted by molar-refractivity contribution is -0.255. The van der Waals surface area contributed by atoms with Gasteiger partial charge in [-0.05, 0) is 6.07 Å². The predicted octanol–water partition coefficient (Wildman–Crippen LogP) is -0.500. The molecule has 0 bridgehead atoms. The zero-order chi connectivity index (χ0) is 15.0. The van der Waals surface area contributed by atoms with Crippen molar-refractivity contribution in [3.63, 3.8) is 0 Å². The van der Waals surface area contributed by atoms with Gasteiger partial charge in [0.15, 0.2) is 0 Å². The van der Waals surface area contributed by atoms with Gasteiger partial charge in [0.2, 0.25) is 11.8 Å². The molecule has 0 fully saturated rings. The van der Waals surface area contributed by atoms with Gasteiger partial charge in [0, 0.05) is 12.3 Å². The highest BCUT2D eigenvalue weighted by atomic mass is 16.4. The fourth-order valence-electron chi connectivity index (χ4n) is 2.02. The number of carboxylic acids is 1. The zero-order valence-electron chi connectivity index (χ0n) is 10.9. The van der Waals surface area contributed by atoms with E-state index in [2.05, 4.69) is 15.3 Å². The van der Waals surface area contributed by atoms with E-state index in [1.54, 1.807) is 19.1 Å². The van der Waals surface area contributed by atoms with Crippen LogP contribution in [-0.2, 0) is 6.54 Å². The molecule has 0 radical (unpaired) electrons. The van der Waals surface area contributed by atoms with Crippen LogP contribution in [0.1, 0.15) is 22.3 Å². The third kappa shape index (κ3) is 2.27. The Kier molecular flexibility index (Phi) is 2.98. The van der Waals surface area contributed by atoms with Crippen LogP contribution in [0.5, 0.6) is 0 Å². The summed E-state index contributed by atoms with van der Waals surface area (Å²) in [6.45, 7) is 1.50. The van der Waals surface area contributed by atoms with Crippen LogP contribution in [0.25, 0.3) is 10.8 Å². The van der Waals surface area contributed by atoms with Crippen LogP contribution in [0.3, 0.4) is 0 Å². The van der Waals surface area contributed by atoms with Crippen molar-refractivity contribution >= 4 is 16.7 Å². The fraction of sp³-hybridized carbons (Fsp3) is 0.154. The molecule has 8 heteroatoms. The zero-order valence-corrected chi connectivity index (χ0v) is 10.9. The molecule has 106 valence electrons. The first-order valence-electron chi connectivity index (χ1n) is 6.06. The van der Waals surface area contributed by atoms with Gasteiger partial charge in [-0.15, -0.1) is 10.2 Å². The molecular weight excluding hydrogens is 276 g/mol. The third-order valence-corrected chi connectivity index (χ3v) is 2.91. The van der Waals surface area contributed by atoms with E-state index in [0.29, 0.717) is 5.89 Å². The molecule has 2 heterocycles. The summed E-state index contributed by atoms with van der Waals surface area (Å²) in [7, 11) is 0. The van der Waals surface area contributed by atoms with Gasteiger partial charge >= 0.3 is 0 Å². The number of carbonyl (C=O) groups is 1. The Morgan fingerprint density at radius 3 is 2.62 bits per heavy atom. The van der Waals surface area contributed by atoms with E-state index in [0.717, 1.165) is 4.68 Å². The van der Waals surface area contributed by atoms with Crippen molar-refractivity contribution in [2.75, 3.05) is 0 Å². The first-order chi connectivity index (χ1) is 10.1. The second kappa shape index (κ2) is 4.82. The molecule has 0 spiro atoms. The van der Waals surface area contributed by atoms with Crippen molar-refractivity contribution in [3.05, 3.63) is 52.1 Å². The van der Waals surface area contributed by atoms with Crippen molar-refractivity contribution in [1.29, 1.82) is 0 Å². The van der Waals surface area contributed by atoms with Crippen molar-refractivity contribution < 1.29 is 14.3 Å². The van der Waals surface area contributed by atoms with Gasteiger partial charge in [-0.2, -0.15) is 5.10 Å². The molecule has 8 nitrogen and oxygen atoms in total. The number of hydrogen-bond acceptors (Lipinski definition) is 7. The minimum absolute atomic E-state index is 0.106. The van der Waals surface area contributed by atoms with Crippen molar-refractivity contribution in [2.45, 2.75) is 13.5 Å². The molecule has 0 N–H and O–H groups in total. The van der Waals surface area contributed by atoms with Gasteiger partial charge in [-0.25, -0.2) is 4.68 Å². The Hall–Kier alpha value is -3.03. The minimum atomic E-state index is -1.46. The Labute approximate surface area is 117 Å². The molecule has 0 saturated carbocycles. The minimum Gasteiger partial charge on any atom is -0.543 e. The van der Waals surface area contributed by atoms with Crippen molar-refractivity contribution in [3.8, 4) is 0 Å². The molecule has 0 aliphatic rings. The summed E-state index contributed by atoms with van der Waals surface area (Å²) < 4.78 is 6.14. The Morgan fingerprint density at radius 2 is 2.00 bits per heavy atom. The first kappa shape index (κ1) is 13.0. The highest BCUT2D eigenvalue weighted by Crippen LogP contribution is 2.13. The monoisotopic (exact) mass is 285 g/mol. The van der Waals surface area contributed by atoms with Crippen LogP contribution >= 0.6 is 0 Å². The van der Waals surface area contributed by atoms with E-state index in [4.69, 9.17) is 4.42 Å². The van der Waals surface area contributed by atoms with E-state index >= 15 is 0 Å². The number of benzene rings is 1. The van der Waals surface area contributed by atoms with Gasteiger partial charge in [0.1, 0.15) is 12.2 Å². The molecule has 3 aromatic rings. The van der Waals surface area contributed by atoms with Gasteiger partial charge in [0.25, 0.3) is 5.56 Å². The van der Waals surface area contributed by atoms with E-state index < -0.39 is 11.5 Å². The molecule has 0 atom stereocenters. The van der Waals surface area contributed by atoms with E-state index in [1.165, 1.54) is 12.1 Å². The maximum atomic E-state index is 12.3. The first-order valence-corrected chi connectivity index (χ1v) is 6.06. The maximum absolute atomic E-state index is 12.3. The second-order valence-electron chi connectivity index (χ2n) is 4.36. The summed E-state index contributed by atoms with van der Waals surface area (Å²) in [4.78, 5) is 23.5. The number of nitrogens with zero attached hydrogens (tertiary/aromatic N) is 4. The van der Waals surface area contributed by atoms with E-state index in [1.807, 2.05) is 0 Å². The normalized spacial score (nSPS) is 10.9. The molecule has 0 aliphatic carbocycles. The summed E-state index contributed by atoms with van der Waals surface area (Å²) in [6.07, 6.45) is 0. The van der Waals surface area contributed by atoms with E-state index in [9.17, 15) is 14.7 Å². The summed E-state index contributed by atoms with van der Waals surface area (Å²) in [6, 6.07) is 6.31. The lowest BCUT2D eigenvalue weighted by atomic mass is 10.1. The quantitative estimate of drug-likeness (QED) is 0.637. The van der Waals surface area contributed by atoms with Crippen LogP contribution < -0.4 is 10.7 Å². The number of carboxylic acid groups (broad SMARTS) is 1. The average molecular weight is 285 g/mol. The molecular formula is C13H9N4O4-. The molecule has 0 saturated heterocycles. The largest absolute Gasteiger partial charge is 0.543 e. The summed E-state index contributed by atoms with van der Waals surface area (Å²) in [5.74, 6) is -0.942. The molecule has 1 aromatic carbocycles. The van der Waals surface area contributed by atoms with Crippen molar-refractivity contribution in [2.24, 2.45) is 0 Å². The van der Waals surface area contributed by atoms with Crippen LogP contribution in [0.2, 0.25) is 0 Å². The summed E-state index contributed by atoms with van der Waals surface area (Å²) >= 11 is 0. The Morgan fingerprint density at radius 1 is 1.29 bits per heavy atom. The Bertz CT molecular complexity index is 897. The Balaban J connectivity index is 2.21. The number of hydrogen-bond donors (Lipinski definition) is 0. The predicted molar refractivity (Wildman–Crippen MR) is 68.5 cm³/mol. The van der Waals surface area contributed by atoms with Crippen molar-refractivity contribution in [1.82, 2.24) is 20.0 Å². The molecule has 0 unspecified atom stereocenters. The van der Waals surface area contributed by atoms with Gasteiger partial charge in [-0.3, -0.25) is 4.79 Å². The smallest absolute Gasteiger partial charge is 0.275 e. The van der Waals surface area contributed by atoms with Gasteiger partial charge in [0.05, 0.1) is 11.4 Å². The summed E-state index contributed by atoms with van der Waals surface area (Å²) in [5.41, 5.74) is -0.743. The van der Waals surface area contributed by atoms with Crippen LogP contribution in [0.4, 0.5) is 0 Å². The lowest BCUT2D eigenvalue weighted by Crippen LogP contribution is -2.31. The number of carbonyl (C=O) groups excluding carboxylic acids is 1. The molecule has 0 amide bonds. The van der Waals surface area contributed by atoms with Crippen LogP contribution in [-0.4, -0.2) is 25.9 Å². The highest BCUT2D eigenvalue weighted by molar-refractivity contribution is 6.00. The fourth-order valence-corrected chi connectivity index (χ4v) is 2.02. The van der Waals surface area contributed by atoms with Gasteiger partial charge < -0.3 is 14.3 Å². The van der Waals surface area contributed by atoms with Gasteiger partial charge in [-0.1, -0.05) is 18.2 Å². The lowest BCUT2D eigenvalue weighted by Gasteiger charge is -2.09. The number of aromatic nitrogens is 4. The number of fused-ring (bicyclic) bond motifs is 1. The third-order valence-electron chi connectivity index (χ3n) is 2.91. The van der Waals surface area contributed by atoms with Crippen LogP contribution in [0.15, 0.2) is 33.5 Å². The molecule has 3 rings (SSSR count). The number of aryl methyl sites for hydroxylation is 1. The highest BCUT2D eigenvalue weighted by Gasteiger charge is 2.13. The average Bonchev–Trinajstić information content (AvgIpc) is 2.87.